The fraction of sp³-hybridized carbons (Fsp3) is 0.355. The predicted octanol–water partition coefficient (Wildman–Crippen LogP) is 8.60. The van der Waals surface area contributed by atoms with E-state index in [1.807, 2.05) is 12.1 Å². The standard InChI is InChI=1S/C31H30F6N2O/c1-2-3-4-5-14-40-24-18-38-28(39-19-24)13-8-20-7-12-25-23(15-20)11-10-22(30(25)34)9-6-21-16-26(32)29(27(33)17-21)31(35,36)37/h7,10-12,15-19H,2-6,8-9,13-14H2,1H3. The summed E-state index contributed by atoms with van der Waals surface area (Å²) in [5.41, 5.74) is -0.612. The van der Waals surface area contributed by atoms with Crippen molar-refractivity contribution in [2.45, 2.75) is 64.5 Å². The number of rotatable bonds is 12. The Morgan fingerprint density at radius 3 is 2.12 bits per heavy atom. The summed E-state index contributed by atoms with van der Waals surface area (Å²) in [5.74, 6) is -2.50. The van der Waals surface area contributed by atoms with Gasteiger partial charge in [0.15, 0.2) is 5.75 Å². The van der Waals surface area contributed by atoms with Crippen molar-refractivity contribution >= 4 is 10.8 Å². The highest BCUT2D eigenvalue weighted by Gasteiger charge is 2.37. The number of alkyl halides is 3. The highest BCUT2D eigenvalue weighted by molar-refractivity contribution is 5.84. The van der Waals surface area contributed by atoms with Crippen LogP contribution in [0.1, 0.15) is 60.7 Å². The molecule has 3 aromatic carbocycles. The van der Waals surface area contributed by atoms with Crippen molar-refractivity contribution in [3.8, 4) is 5.75 Å². The van der Waals surface area contributed by atoms with Crippen LogP contribution in [0.2, 0.25) is 0 Å². The van der Waals surface area contributed by atoms with Crippen molar-refractivity contribution in [1.29, 1.82) is 0 Å². The number of nitrogens with zero attached hydrogens (tertiary/aromatic N) is 2. The van der Waals surface area contributed by atoms with Crippen molar-refractivity contribution in [1.82, 2.24) is 9.97 Å². The molecule has 40 heavy (non-hydrogen) atoms. The van der Waals surface area contributed by atoms with Gasteiger partial charge in [-0.15, -0.1) is 0 Å². The number of aromatic nitrogens is 2. The summed E-state index contributed by atoms with van der Waals surface area (Å²) in [5, 5.41) is 1.08. The molecule has 0 atom stereocenters. The molecule has 212 valence electrons. The first-order valence-electron chi connectivity index (χ1n) is 13.3. The molecule has 0 aliphatic heterocycles. The molecule has 4 aromatic rings. The van der Waals surface area contributed by atoms with Crippen LogP contribution < -0.4 is 4.74 Å². The summed E-state index contributed by atoms with van der Waals surface area (Å²) in [6.45, 7) is 2.80. The van der Waals surface area contributed by atoms with E-state index in [4.69, 9.17) is 4.74 Å². The maximum atomic E-state index is 15.2. The van der Waals surface area contributed by atoms with Gasteiger partial charge in [-0.1, -0.05) is 56.5 Å². The number of hydrogen-bond donors (Lipinski definition) is 0. The van der Waals surface area contributed by atoms with E-state index in [1.165, 1.54) is 12.8 Å². The lowest BCUT2D eigenvalue weighted by atomic mass is 9.97. The minimum atomic E-state index is -5.13. The van der Waals surface area contributed by atoms with Gasteiger partial charge in [-0.05, 0) is 59.9 Å². The van der Waals surface area contributed by atoms with Crippen molar-refractivity contribution < 1.29 is 31.1 Å². The first-order valence-corrected chi connectivity index (χ1v) is 13.3. The van der Waals surface area contributed by atoms with Gasteiger partial charge in [0.1, 0.15) is 28.8 Å². The second kappa shape index (κ2) is 13.2. The maximum absolute atomic E-state index is 15.2. The Bertz CT molecular complexity index is 1410. The molecule has 1 aromatic heterocycles. The van der Waals surface area contributed by atoms with E-state index in [-0.39, 0.29) is 18.4 Å². The Morgan fingerprint density at radius 1 is 0.750 bits per heavy atom. The molecule has 0 saturated heterocycles. The van der Waals surface area contributed by atoms with E-state index in [0.717, 1.165) is 18.4 Å². The molecular weight excluding hydrogens is 530 g/mol. The van der Waals surface area contributed by atoms with Crippen LogP contribution in [-0.4, -0.2) is 16.6 Å². The lowest BCUT2D eigenvalue weighted by Gasteiger charge is -2.12. The normalized spacial score (nSPS) is 11.8. The lowest BCUT2D eigenvalue weighted by Crippen LogP contribution is -2.12. The summed E-state index contributed by atoms with van der Waals surface area (Å²) in [6, 6.07) is 10.0. The zero-order chi connectivity index (χ0) is 28.7. The fourth-order valence-corrected chi connectivity index (χ4v) is 4.58. The van der Waals surface area contributed by atoms with Gasteiger partial charge in [0.2, 0.25) is 0 Å². The third-order valence-corrected chi connectivity index (χ3v) is 6.75. The fourth-order valence-electron chi connectivity index (χ4n) is 4.58. The molecule has 0 unspecified atom stereocenters. The SMILES string of the molecule is CCCCCCOc1cnc(CCc2ccc3c(F)c(CCc4cc(F)c(C(F)(F)F)c(F)c4)ccc3c2)nc1. The molecule has 1 heterocycles. The third kappa shape index (κ3) is 7.52. The quantitative estimate of drug-likeness (QED) is 0.129. The Labute approximate surface area is 229 Å². The van der Waals surface area contributed by atoms with Crippen LogP contribution >= 0.6 is 0 Å². The topological polar surface area (TPSA) is 35.0 Å². The van der Waals surface area contributed by atoms with E-state index in [9.17, 15) is 22.0 Å². The highest BCUT2D eigenvalue weighted by Crippen LogP contribution is 2.34. The van der Waals surface area contributed by atoms with Crippen molar-refractivity contribution in [3.63, 3.8) is 0 Å². The molecule has 0 aliphatic rings. The average Bonchev–Trinajstić information content (AvgIpc) is 2.91. The van der Waals surface area contributed by atoms with Crippen LogP contribution in [0.5, 0.6) is 5.75 Å². The van der Waals surface area contributed by atoms with Gasteiger partial charge >= 0.3 is 6.18 Å². The first-order chi connectivity index (χ1) is 19.2. The largest absolute Gasteiger partial charge is 0.490 e. The van der Waals surface area contributed by atoms with Gasteiger partial charge < -0.3 is 4.74 Å². The number of ether oxygens (including phenoxy) is 1. The van der Waals surface area contributed by atoms with E-state index < -0.39 is 29.2 Å². The van der Waals surface area contributed by atoms with Crippen LogP contribution in [0, 0.1) is 17.5 Å². The van der Waals surface area contributed by atoms with Gasteiger partial charge in [-0.2, -0.15) is 13.2 Å². The van der Waals surface area contributed by atoms with Crippen molar-refractivity contribution in [2.75, 3.05) is 6.61 Å². The summed E-state index contributed by atoms with van der Waals surface area (Å²) in [7, 11) is 0. The number of fused-ring (bicyclic) bond motifs is 1. The minimum Gasteiger partial charge on any atom is -0.490 e. The molecule has 0 radical (unpaired) electrons. The Hall–Kier alpha value is -3.62. The van der Waals surface area contributed by atoms with Crippen molar-refractivity contribution in [2.24, 2.45) is 0 Å². The van der Waals surface area contributed by atoms with Gasteiger partial charge in [-0.3, -0.25) is 0 Å². The minimum absolute atomic E-state index is 0.0187. The van der Waals surface area contributed by atoms with E-state index in [2.05, 4.69) is 16.9 Å². The highest BCUT2D eigenvalue weighted by atomic mass is 19.4. The van der Waals surface area contributed by atoms with Crippen LogP contribution in [-0.2, 0) is 31.9 Å². The Balaban J connectivity index is 1.35. The van der Waals surface area contributed by atoms with Crippen LogP contribution in [0.25, 0.3) is 10.8 Å². The van der Waals surface area contributed by atoms with E-state index in [0.29, 0.717) is 59.5 Å². The summed E-state index contributed by atoms with van der Waals surface area (Å²) >= 11 is 0. The molecule has 0 bridgehead atoms. The van der Waals surface area contributed by atoms with Gasteiger partial charge in [0.05, 0.1) is 19.0 Å². The molecule has 3 nitrogen and oxygen atoms in total. The zero-order valence-electron chi connectivity index (χ0n) is 22.1. The average molecular weight is 561 g/mol. The number of hydrogen-bond acceptors (Lipinski definition) is 3. The molecule has 0 amide bonds. The Kier molecular flexibility index (Phi) is 9.66. The second-order valence-electron chi connectivity index (χ2n) is 9.77. The van der Waals surface area contributed by atoms with E-state index >= 15 is 4.39 Å². The van der Waals surface area contributed by atoms with Gasteiger partial charge in [-0.25, -0.2) is 23.1 Å². The van der Waals surface area contributed by atoms with Gasteiger partial charge in [0.25, 0.3) is 0 Å². The molecule has 0 spiro atoms. The molecular formula is C31H30F6N2O. The Morgan fingerprint density at radius 2 is 1.45 bits per heavy atom. The predicted molar refractivity (Wildman–Crippen MR) is 142 cm³/mol. The monoisotopic (exact) mass is 560 g/mol. The first kappa shape index (κ1) is 29.4. The number of aryl methyl sites for hydroxylation is 4. The summed E-state index contributed by atoms with van der Waals surface area (Å²) < 4.78 is 87.0. The lowest BCUT2D eigenvalue weighted by molar-refractivity contribution is -0.142. The zero-order valence-corrected chi connectivity index (χ0v) is 22.1. The second-order valence-corrected chi connectivity index (χ2v) is 9.77. The van der Waals surface area contributed by atoms with Crippen molar-refractivity contribution in [3.05, 3.63) is 100 Å². The van der Waals surface area contributed by atoms with Crippen LogP contribution in [0.4, 0.5) is 26.3 Å². The van der Waals surface area contributed by atoms with Crippen LogP contribution in [0.15, 0.2) is 54.9 Å². The number of benzene rings is 3. The molecule has 0 N–H and O–H groups in total. The molecule has 0 aliphatic carbocycles. The molecule has 0 fully saturated rings. The molecule has 4 rings (SSSR count). The summed E-state index contributed by atoms with van der Waals surface area (Å²) in [6.07, 6.45) is 4.03. The smallest absolute Gasteiger partial charge is 0.422 e. The summed E-state index contributed by atoms with van der Waals surface area (Å²) in [4.78, 5) is 8.74. The van der Waals surface area contributed by atoms with E-state index in [1.54, 1.807) is 30.6 Å². The van der Waals surface area contributed by atoms with Gasteiger partial charge in [0, 0.05) is 11.8 Å². The molecule has 0 saturated carbocycles. The molecule has 9 heteroatoms. The number of unbranched alkanes of at least 4 members (excludes halogenated alkanes) is 3. The number of halogens is 6. The maximum Gasteiger partial charge on any atom is 0.422 e. The third-order valence-electron chi connectivity index (χ3n) is 6.75. The van der Waals surface area contributed by atoms with Crippen LogP contribution in [0.3, 0.4) is 0 Å².